The fourth-order valence-corrected chi connectivity index (χ4v) is 4.45. The second-order valence-electron chi connectivity index (χ2n) is 8.41. The summed E-state index contributed by atoms with van der Waals surface area (Å²) in [6, 6.07) is 8.51. The molecule has 172 valence electrons. The number of imide groups is 1. The van der Waals surface area contributed by atoms with E-state index in [1.165, 1.54) is 0 Å². The van der Waals surface area contributed by atoms with Gasteiger partial charge < -0.3 is 5.32 Å². The van der Waals surface area contributed by atoms with Gasteiger partial charge in [0.25, 0.3) is 5.91 Å². The molecule has 1 aliphatic carbocycles. The number of carbonyl (C=O) groups is 4. The van der Waals surface area contributed by atoms with Crippen molar-refractivity contribution in [2.45, 2.75) is 38.2 Å². The number of rotatable bonds is 5. The highest BCUT2D eigenvalue weighted by Gasteiger charge is 2.41. The van der Waals surface area contributed by atoms with E-state index in [0.29, 0.717) is 35.6 Å². The second-order valence-corrected chi connectivity index (χ2v) is 8.41. The third-order valence-corrected chi connectivity index (χ3v) is 6.18. The summed E-state index contributed by atoms with van der Waals surface area (Å²) >= 11 is 0. The summed E-state index contributed by atoms with van der Waals surface area (Å²) in [5.74, 6) is -7.90. The molecule has 2 aromatic rings. The van der Waals surface area contributed by atoms with E-state index in [0.717, 1.165) is 18.2 Å². The Morgan fingerprint density at radius 3 is 2.61 bits per heavy atom. The van der Waals surface area contributed by atoms with E-state index in [9.17, 15) is 32.3 Å². The van der Waals surface area contributed by atoms with Gasteiger partial charge in [0.05, 0.1) is 0 Å². The molecule has 0 bridgehead atoms. The van der Waals surface area contributed by atoms with Crippen molar-refractivity contribution in [1.29, 1.82) is 0 Å². The van der Waals surface area contributed by atoms with Gasteiger partial charge in [0.1, 0.15) is 5.82 Å². The first kappa shape index (κ1) is 22.7. The highest BCUT2D eigenvalue weighted by molar-refractivity contribution is 6.01. The maximum Gasteiger partial charge on any atom is 0.349 e. The lowest BCUT2D eigenvalue weighted by Crippen LogP contribution is -2.45. The highest BCUT2D eigenvalue weighted by Crippen LogP contribution is 2.34. The van der Waals surface area contributed by atoms with Crippen LogP contribution in [0.5, 0.6) is 0 Å². The molecule has 0 spiro atoms. The number of Topliss-reactive ketones (excluding diaryl/α,β-unsaturated/α-hetero) is 1. The number of alkyl halides is 2. The Morgan fingerprint density at radius 1 is 1.09 bits per heavy atom. The molecule has 2 N–H and O–H groups in total. The second kappa shape index (κ2) is 8.80. The number of hydrogen-bond donors (Lipinski definition) is 2. The predicted molar refractivity (Wildman–Crippen MR) is 111 cm³/mol. The van der Waals surface area contributed by atoms with Crippen LogP contribution in [0.2, 0.25) is 0 Å². The van der Waals surface area contributed by atoms with Crippen LogP contribution in [-0.2, 0) is 33.3 Å². The van der Waals surface area contributed by atoms with E-state index < -0.39 is 29.1 Å². The molecule has 2 aliphatic rings. The molecule has 1 aliphatic heterocycles. The van der Waals surface area contributed by atoms with Crippen LogP contribution in [0, 0.1) is 17.7 Å². The number of carbonyl (C=O) groups excluding carboxylic acids is 4. The first-order valence-electron chi connectivity index (χ1n) is 10.6. The molecule has 3 amide bonds. The maximum atomic E-state index is 14.4. The zero-order valence-electron chi connectivity index (χ0n) is 17.5. The van der Waals surface area contributed by atoms with Crippen LogP contribution in [-0.4, -0.2) is 23.5 Å². The summed E-state index contributed by atoms with van der Waals surface area (Å²) in [4.78, 5) is 48.3. The van der Waals surface area contributed by atoms with E-state index in [2.05, 4.69) is 10.6 Å². The largest absolute Gasteiger partial charge is 0.349 e. The molecule has 1 saturated heterocycles. The number of halogens is 3. The fraction of sp³-hybridized carbons (Fsp3) is 0.333. The van der Waals surface area contributed by atoms with Gasteiger partial charge in [-0.2, -0.15) is 8.78 Å². The van der Waals surface area contributed by atoms with Gasteiger partial charge >= 0.3 is 5.92 Å². The van der Waals surface area contributed by atoms with Crippen molar-refractivity contribution in [3.63, 3.8) is 0 Å². The van der Waals surface area contributed by atoms with Crippen molar-refractivity contribution in [1.82, 2.24) is 10.6 Å². The van der Waals surface area contributed by atoms with Crippen LogP contribution in [0.4, 0.5) is 13.2 Å². The van der Waals surface area contributed by atoms with Gasteiger partial charge in [0.2, 0.25) is 11.8 Å². The molecule has 9 heteroatoms. The smallest absolute Gasteiger partial charge is 0.346 e. The zero-order chi connectivity index (χ0) is 23.8. The van der Waals surface area contributed by atoms with E-state index in [1.54, 1.807) is 18.2 Å². The quantitative estimate of drug-likeness (QED) is 0.674. The number of nitrogens with one attached hydrogen (secondary N) is 2. The Balaban J connectivity index is 1.46. The summed E-state index contributed by atoms with van der Waals surface area (Å²) in [6.45, 7) is -0.214. The van der Waals surface area contributed by atoms with E-state index in [4.69, 9.17) is 0 Å². The molecule has 0 radical (unpaired) electrons. The molecule has 2 aromatic carbocycles. The molecular formula is C24H21F3N2O4. The molecule has 4 rings (SSSR count). The molecule has 33 heavy (non-hydrogen) atoms. The average molecular weight is 458 g/mol. The summed E-state index contributed by atoms with van der Waals surface area (Å²) < 4.78 is 42.1. The number of piperidine rings is 1. The Morgan fingerprint density at radius 2 is 1.88 bits per heavy atom. The van der Waals surface area contributed by atoms with Crippen LogP contribution in [0.1, 0.15) is 46.3 Å². The molecule has 0 saturated carbocycles. The fourth-order valence-electron chi connectivity index (χ4n) is 4.45. The van der Waals surface area contributed by atoms with Crippen molar-refractivity contribution in [3.05, 3.63) is 70.5 Å². The summed E-state index contributed by atoms with van der Waals surface area (Å²) in [5, 5.41) is 4.47. The Kier molecular flexibility index (Phi) is 6.05. The first-order chi connectivity index (χ1) is 15.6. The van der Waals surface area contributed by atoms with Crippen molar-refractivity contribution < 1.29 is 32.3 Å². The lowest BCUT2D eigenvalue weighted by Gasteiger charge is -2.32. The summed E-state index contributed by atoms with van der Waals surface area (Å²) in [6.07, 6.45) is 1.21. The van der Waals surface area contributed by atoms with E-state index >= 15 is 0 Å². The predicted octanol–water partition coefficient (Wildman–Crippen LogP) is 3.03. The molecule has 1 fully saturated rings. The van der Waals surface area contributed by atoms with Crippen LogP contribution >= 0.6 is 0 Å². The maximum absolute atomic E-state index is 14.4. The topological polar surface area (TPSA) is 92.3 Å². The summed E-state index contributed by atoms with van der Waals surface area (Å²) in [5.41, 5.74) is 0.931. The normalized spacial score (nSPS) is 20.8. The van der Waals surface area contributed by atoms with Gasteiger partial charge in [-0.15, -0.1) is 0 Å². The van der Waals surface area contributed by atoms with Crippen molar-refractivity contribution in [2.75, 3.05) is 0 Å². The first-order valence-corrected chi connectivity index (χ1v) is 10.6. The van der Waals surface area contributed by atoms with E-state index in [-0.39, 0.29) is 42.9 Å². The van der Waals surface area contributed by atoms with Gasteiger partial charge in [-0.3, -0.25) is 24.5 Å². The van der Waals surface area contributed by atoms with Crippen molar-refractivity contribution >= 4 is 23.5 Å². The average Bonchev–Trinajstić information content (AvgIpc) is 2.77. The minimum atomic E-state index is -3.91. The molecular weight excluding hydrogens is 437 g/mol. The number of ketones is 1. The van der Waals surface area contributed by atoms with Crippen LogP contribution in [0.25, 0.3) is 0 Å². The number of amides is 3. The van der Waals surface area contributed by atoms with Crippen LogP contribution < -0.4 is 10.6 Å². The van der Waals surface area contributed by atoms with Gasteiger partial charge in [-0.1, -0.05) is 30.3 Å². The van der Waals surface area contributed by atoms with Gasteiger partial charge in [-0.25, -0.2) is 4.39 Å². The van der Waals surface area contributed by atoms with Gasteiger partial charge in [0.15, 0.2) is 5.78 Å². The lowest BCUT2D eigenvalue weighted by atomic mass is 9.73. The lowest BCUT2D eigenvalue weighted by molar-refractivity contribution is -0.147. The van der Waals surface area contributed by atoms with Crippen molar-refractivity contribution in [3.8, 4) is 0 Å². The molecule has 0 aromatic heterocycles. The van der Waals surface area contributed by atoms with Crippen LogP contribution in [0.3, 0.4) is 0 Å². The molecule has 1 heterocycles. The third kappa shape index (κ3) is 4.67. The number of fused-ring (bicyclic) bond motifs is 1. The number of hydrogen-bond acceptors (Lipinski definition) is 4. The van der Waals surface area contributed by atoms with Crippen molar-refractivity contribution in [2.24, 2.45) is 11.8 Å². The number of benzene rings is 2. The molecule has 6 nitrogen and oxygen atoms in total. The summed E-state index contributed by atoms with van der Waals surface area (Å²) in [7, 11) is 0. The monoisotopic (exact) mass is 458 g/mol. The standard InChI is InChI=1S/C24H21F3N2O4/c25-17-3-1-2-16(11-17)24(26,27)23(33)28-12-13-4-5-18-14(8-13)9-15(10-20(18)30)19-6-7-21(31)29-22(19)32/h1-5,8,11,15,19H,6-7,9-10,12H2,(H,28,33)(H,29,31,32). The Labute approximate surface area is 187 Å². The van der Waals surface area contributed by atoms with E-state index in [1.807, 2.05) is 0 Å². The molecule has 2 unspecified atom stereocenters. The zero-order valence-corrected chi connectivity index (χ0v) is 17.5. The van der Waals surface area contributed by atoms with Crippen LogP contribution in [0.15, 0.2) is 42.5 Å². The molecule has 2 atom stereocenters. The van der Waals surface area contributed by atoms with Gasteiger partial charge in [-0.05, 0) is 42.0 Å². The Bertz CT molecular complexity index is 1150. The third-order valence-electron chi connectivity index (χ3n) is 6.18. The Hall–Kier alpha value is -3.49. The minimum absolute atomic E-state index is 0.126. The highest BCUT2D eigenvalue weighted by atomic mass is 19.3. The van der Waals surface area contributed by atoms with Gasteiger partial charge in [0, 0.05) is 36.4 Å². The SMILES string of the molecule is O=C1CCC(C2CC(=O)c3ccc(CNC(=O)C(F)(F)c4cccc(F)c4)cc3C2)C(=O)N1. The minimum Gasteiger partial charge on any atom is -0.346 e.